The largest absolute Gasteiger partial charge is 0.412 e. The lowest BCUT2D eigenvalue weighted by Crippen LogP contribution is -2.33. The minimum atomic E-state index is -4.17. The highest BCUT2D eigenvalue weighted by atomic mass is 19.4. The molecule has 5 heteroatoms. The number of fused-ring (bicyclic) bond motifs is 1. The van der Waals surface area contributed by atoms with Gasteiger partial charge in [0, 0.05) is 36.8 Å². The Kier molecular flexibility index (Phi) is 4.16. The molecule has 0 bridgehead atoms. The predicted molar refractivity (Wildman–Crippen MR) is 80.6 cm³/mol. The standard InChI is InChI=1S/C17H17F3N2/c18-17(19,20)15-6-10-22(11-7-15)9-5-13-3-4-14-2-1-8-21-16(14)12-13/h1-4,6,8,12H,5,7,9-11H2. The molecular weight excluding hydrogens is 289 g/mol. The highest BCUT2D eigenvalue weighted by Crippen LogP contribution is 2.30. The SMILES string of the molecule is FC(F)(F)C1=CCN(CCc2ccc3cccnc3c2)CC1. The third-order valence-corrected chi connectivity index (χ3v) is 4.04. The van der Waals surface area contributed by atoms with Gasteiger partial charge in [0.2, 0.25) is 0 Å². The molecule has 1 aromatic heterocycles. The molecule has 0 atom stereocenters. The fourth-order valence-corrected chi connectivity index (χ4v) is 2.73. The summed E-state index contributed by atoms with van der Waals surface area (Å²) in [5.41, 5.74) is 1.73. The molecule has 116 valence electrons. The average molecular weight is 306 g/mol. The molecule has 0 radical (unpaired) electrons. The van der Waals surface area contributed by atoms with E-state index >= 15 is 0 Å². The van der Waals surface area contributed by atoms with Crippen LogP contribution in [0.25, 0.3) is 10.9 Å². The van der Waals surface area contributed by atoms with Gasteiger partial charge in [0.15, 0.2) is 0 Å². The summed E-state index contributed by atoms with van der Waals surface area (Å²) in [5.74, 6) is 0. The fraction of sp³-hybridized carbons (Fsp3) is 0.353. The van der Waals surface area contributed by atoms with Gasteiger partial charge in [-0.1, -0.05) is 24.3 Å². The molecule has 1 aliphatic heterocycles. The first-order valence-corrected chi connectivity index (χ1v) is 7.34. The average Bonchev–Trinajstić information content (AvgIpc) is 2.52. The van der Waals surface area contributed by atoms with Gasteiger partial charge < -0.3 is 0 Å². The summed E-state index contributed by atoms with van der Waals surface area (Å²) in [6.45, 7) is 1.61. The zero-order valence-corrected chi connectivity index (χ0v) is 12.1. The Labute approximate surface area is 127 Å². The van der Waals surface area contributed by atoms with Gasteiger partial charge in [0.05, 0.1) is 5.52 Å². The molecule has 0 amide bonds. The van der Waals surface area contributed by atoms with E-state index in [1.54, 1.807) is 6.20 Å². The maximum absolute atomic E-state index is 12.6. The molecule has 2 nitrogen and oxygen atoms in total. The van der Waals surface area contributed by atoms with Gasteiger partial charge in [-0.3, -0.25) is 9.88 Å². The van der Waals surface area contributed by atoms with Crippen LogP contribution in [0.4, 0.5) is 13.2 Å². The highest BCUT2D eigenvalue weighted by molar-refractivity contribution is 5.78. The highest BCUT2D eigenvalue weighted by Gasteiger charge is 2.34. The van der Waals surface area contributed by atoms with E-state index in [1.807, 2.05) is 18.2 Å². The Morgan fingerprint density at radius 2 is 2.05 bits per heavy atom. The van der Waals surface area contributed by atoms with E-state index in [0.717, 1.165) is 29.4 Å². The summed E-state index contributed by atoms with van der Waals surface area (Å²) in [6.07, 6.45) is -0.188. The number of hydrogen-bond donors (Lipinski definition) is 0. The topological polar surface area (TPSA) is 16.1 Å². The Morgan fingerprint density at radius 1 is 1.18 bits per heavy atom. The minimum Gasteiger partial charge on any atom is -0.299 e. The first-order chi connectivity index (χ1) is 10.5. The van der Waals surface area contributed by atoms with Crippen molar-refractivity contribution < 1.29 is 13.2 Å². The molecule has 0 saturated carbocycles. The summed E-state index contributed by atoms with van der Waals surface area (Å²) >= 11 is 0. The monoisotopic (exact) mass is 306 g/mol. The van der Waals surface area contributed by atoms with Crippen LogP contribution >= 0.6 is 0 Å². The molecular formula is C17H17F3N2. The number of nitrogens with zero attached hydrogens (tertiary/aromatic N) is 2. The van der Waals surface area contributed by atoms with Crippen LogP contribution in [0, 0.1) is 0 Å². The van der Waals surface area contributed by atoms with Crippen LogP contribution in [0.1, 0.15) is 12.0 Å². The zero-order valence-electron chi connectivity index (χ0n) is 12.1. The van der Waals surface area contributed by atoms with E-state index in [-0.39, 0.29) is 6.42 Å². The van der Waals surface area contributed by atoms with Gasteiger partial charge in [0.25, 0.3) is 0 Å². The van der Waals surface area contributed by atoms with Crippen LogP contribution in [-0.4, -0.2) is 35.7 Å². The molecule has 1 aliphatic rings. The summed E-state index contributed by atoms with van der Waals surface area (Å²) < 4.78 is 37.7. The lowest BCUT2D eigenvalue weighted by molar-refractivity contribution is -0.0959. The Morgan fingerprint density at radius 3 is 2.77 bits per heavy atom. The van der Waals surface area contributed by atoms with Crippen molar-refractivity contribution in [3.05, 3.63) is 53.7 Å². The fourth-order valence-electron chi connectivity index (χ4n) is 2.73. The van der Waals surface area contributed by atoms with Gasteiger partial charge in [-0.2, -0.15) is 13.2 Å². The van der Waals surface area contributed by atoms with Crippen molar-refractivity contribution in [1.82, 2.24) is 9.88 Å². The molecule has 0 aliphatic carbocycles. The summed E-state index contributed by atoms with van der Waals surface area (Å²) in [5, 5.41) is 1.10. The molecule has 0 spiro atoms. The number of alkyl halides is 3. The van der Waals surface area contributed by atoms with E-state index in [9.17, 15) is 13.2 Å². The quantitative estimate of drug-likeness (QED) is 0.798. The predicted octanol–water partition coefficient (Wildman–Crippen LogP) is 3.97. The molecule has 0 saturated heterocycles. The Balaban J connectivity index is 1.60. The van der Waals surface area contributed by atoms with E-state index in [2.05, 4.69) is 22.0 Å². The lowest BCUT2D eigenvalue weighted by atomic mass is 10.1. The van der Waals surface area contributed by atoms with E-state index in [1.165, 1.54) is 6.08 Å². The molecule has 3 rings (SSSR count). The van der Waals surface area contributed by atoms with Gasteiger partial charge >= 0.3 is 6.18 Å². The van der Waals surface area contributed by atoms with Gasteiger partial charge in [-0.15, -0.1) is 0 Å². The number of aromatic nitrogens is 1. The number of benzene rings is 1. The molecule has 0 unspecified atom stereocenters. The van der Waals surface area contributed by atoms with Crippen LogP contribution in [0.5, 0.6) is 0 Å². The normalized spacial score (nSPS) is 16.8. The Hall–Kier alpha value is -1.88. The van der Waals surface area contributed by atoms with Crippen LogP contribution in [0.2, 0.25) is 0 Å². The van der Waals surface area contributed by atoms with Crippen molar-refractivity contribution in [3.8, 4) is 0 Å². The van der Waals surface area contributed by atoms with E-state index in [4.69, 9.17) is 0 Å². The van der Waals surface area contributed by atoms with Crippen molar-refractivity contribution in [2.45, 2.75) is 19.0 Å². The van der Waals surface area contributed by atoms with E-state index < -0.39 is 11.7 Å². The van der Waals surface area contributed by atoms with Crippen molar-refractivity contribution in [2.75, 3.05) is 19.6 Å². The molecule has 1 aromatic carbocycles. The molecule has 2 aromatic rings. The first kappa shape index (κ1) is 15.0. The second kappa shape index (κ2) is 6.08. The van der Waals surface area contributed by atoms with Crippen molar-refractivity contribution in [2.24, 2.45) is 0 Å². The van der Waals surface area contributed by atoms with Crippen molar-refractivity contribution >= 4 is 10.9 Å². The third kappa shape index (κ3) is 3.47. The second-order valence-corrected chi connectivity index (χ2v) is 5.56. The number of hydrogen-bond acceptors (Lipinski definition) is 2. The van der Waals surface area contributed by atoms with Gasteiger partial charge in [0.1, 0.15) is 0 Å². The summed E-state index contributed by atoms with van der Waals surface area (Å²) in [4.78, 5) is 6.38. The Bertz CT molecular complexity index is 692. The number of halogens is 3. The molecule has 0 fully saturated rings. The maximum atomic E-state index is 12.6. The summed E-state index contributed by atoms with van der Waals surface area (Å²) in [6, 6.07) is 10.1. The summed E-state index contributed by atoms with van der Waals surface area (Å²) in [7, 11) is 0. The first-order valence-electron chi connectivity index (χ1n) is 7.34. The van der Waals surface area contributed by atoms with Crippen molar-refractivity contribution in [3.63, 3.8) is 0 Å². The lowest BCUT2D eigenvalue weighted by Gasteiger charge is -2.27. The number of pyridine rings is 1. The maximum Gasteiger partial charge on any atom is 0.412 e. The number of rotatable bonds is 3. The van der Waals surface area contributed by atoms with Crippen LogP contribution < -0.4 is 0 Å². The molecule has 22 heavy (non-hydrogen) atoms. The van der Waals surface area contributed by atoms with Crippen LogP contribution in [0.15, 0.2) is 48.2 Å². The van der Waals surface area contributed by atoms with Gasteiger partial charge in [-0.05, 0) is 30.5 Å². The third-order valence-electron chi connectivity index (χ3n) is 4.04. The zero-order chi connectivity index (χ0) is 15.6. The van der Waals surface area contributed by atoms with Gasteiger partial charge in [-0.25, -0.2) is 0 Å². The van der Waals surface area contributed by atoms with Crippen LogP contribution in [-0.2, 0) is 6.42 Å². The van der Waals surface area contributed by atoms with Crippen LogP contribution in [0.3, 0.4) is 0 Å². The van der Waals surface area contributed by atoms with E-state index in [0.29, 0.717) is 13.1 Å². The smallest absolute Gasteiger partial charge is 0.299 e. The minimum absolute atomic E-state index is 0.0861. The molecule has 0 N–H and O–H groups in total. The van der Waals surface area contributed by atoms with Crippen molar-refractivity contribution in [1.29, 1.82) is 0 Å². The molecule has 2 heterocycles. The second-order valence-electron chi connectivity index (χ2n) is 5.56.